The van der Waals surface area contributed by atoms with Gasteiger partial charge in [-0.15, -0.1) is 0 Å². The molecule has 208 valence electrons. The van der Waals surface area contributed by atoms with Gasteiger partial charge in [-0.25, -0.2) is 4.39 Å². The number of hydrogen-bond acceptors (Lipinski definition) is 3. The Bertz CT molecular complexity index is 887. The van der Waals surface area contributed by atoms with Crippen LogP contribution in [0.3, 0.4) is 0 Å². The molecular weight excluding hydrogens is 461 g/mol. The Kier molecular flexibility index (Phi) is 10.1. The number of phenolic OH excluding ortho intramolecular Hbond substituents is 1. The number of fused-ring (bicyclic) bond motifs is 5. The summed E-state index contributed by atoms with van der Waals surface area (Å²) < 4.78 is 15.5. The fourth-order valence-electron chi connectivity index (χ4n) is 8.26. The molecule has 0 aromatic heterocycles. The molecule has 3 nitrogen and oxygen atoms in total. The van der Waals surface area contributed by atoms with Gasteiger partial charge < -0.3 is 10.0 Å². The van der Waals surface area contributed by atoms with Crippen molar-refractivity contribution in [1.29, 1.82) is 0 Å². The van der Waals surface area contributed by atoms with Crippen LogP contribution in [0.25, 0.3) is 0 Å². The molecule has 1 aromatic carbocycles. The van der Waals surface area contributed by atoms with E-state index in [4.69, 9.17) is 0 Å². The molecule has 0 bridgehead atoms. The molecule has 0 radical (unpaired) electrons. The van der Waals surface area contributed by atoms with E-state index in [1.807, 2.05) is 12.1 Å². The van der Waals surface area contributed by atoms with Crippen molar-refractivity contribution in [2.45, 2.75) is 122 Å². The smallest absolute Gasteiger partial charge is 0.139 e. The van der Waals surface area contributed by atoms with Crippen molar-refractivity contribution in [1.82, 2.24) is 4.90 Å². The maximum absolute atomic E-state index is 15.5. The number of carbonyl (C=O) groups is 1. The predicted octanol–water partition coefficient (Wildman–Crippen LogP) is 8.23. The average molecular weight is 514 g/mol. The number of halogens is 1. The minimum absolute atomic E-state index is 0.210. The fraction of sp³-hybridized carbons (Fsp3) is 0.788. The number of rotatable bonds is 14. The SMILES string of the molecule is CCCCCCCCCN(C)CCCC(F)C[C@@H]1Cc2cc(O)ccc2[C@H]2CC[C@]3(C)C(=O)CC[C@H]3[C@H]12. The topological polar surface area (TPSA) is 40.5 Å². The predicted molar refractivity (Wildman–Crippen MR) is 151 cm³/mol. The van der Waals surface area contributed by atoms with E-state index in [0.29, 0.717) is 48.5 Å². The Morgan fingerprint density at radius 3 is 2.59 bits per heavy atom. The number of carbonyl (C=O) groups excluding carboxylic acids is 1. The molecule has 2 saturated carbocycles. The van der Waals surface area contributed by atoms with Crippen LogP contribution in [-0.2, 0) is 11.2 Å². The van der Waals surface area contributed by atoms with Gasteiger partial charge in [0.2, 0.25) is 0 Å². The summed E-state index contributed by atoms with van der Waals surface area (Å²) in [7, 11) is 2.18. The summed E-state index contributed by atoms with van der Waals surface area (Å²) in [5.74, 6) is 2.18. The Labute approximate surface area is 225 Å². The molecule has 6 atom stereocenters. The van der Waals surface area contributed by atoms with Crippen molar-refractivity contribution >= 4 is 5.78 Å². The second-order valence-corrected chi connectivity index (χ2v) is 13.0. The molecule has 0 aliphatic heterocycles. The number of hydrogen-bond donors (Lipinski definition) is 1. The van der Waals surface area contributed by atoms with Crippen LogP contribution in [0.1, 0.15) is 121 Å². The van der Waals surface area contributed by atoms with E-state index in [9.17, 15) is 9.90 Å². The maximum Gasteiger partial charge on any atom is 0.139 e. The van der Waals surface area contributed by atoms with E-state index in [0.717, 1.165) is 45.2 Å². The third kappa shape index (κ3) is 6.78. The molecule has 0 spiro atoms. The summed E-state index contributed by atoms with van der Waals surface area (Å²) in [6.07, 6.45) is 15.1. The number of benzene rings is 1. The van der Waals surface area contributed by atoms with Crippen LogP contribution in [0, 0.1) is 23.2 Å². The monoisotopic (exact) mass is 513 g/mol. The third-order valence-corrected chi connectivity index (χ3v) is 10.4. The summed E-state index contributed by atoms with van der Waals surface area (Å²) in [6.45, 7) is 6.54. The van der Waals surface area contributed by atoms with Gasteiger partial charge in [-0.3, -0.25) is 4.79 Å². The molecule has 1 N–H and O–H groups in total. The number of ketones is 1. The summed E-state index contributed by atoms with van der Waals surface area (Å²) >= 11 is 0. The first-order valence-electron chi connectivity index (χ1n) is 15.5. The Morgan fingerprint density at radius 2 is 1.81 bits per heavy atom. The normalized spacial score (nSPS) is 29.7. The molecule has 1 aromatic rings. The zero-order chi connectivity index (χ0) is 26.4. The molecule has 4 rings (SSSR count). The van der Waals surface area contributed by atoms with Gasteiger partial charge in [0.1, 0.15) is 17.7 Å². The molecule has 0 heterocycles. The lowest BCUT2D eigenvalue weighted by Crippen LogP contribution is -2.46. The van der Waals surface area contributed by atoms with Gasteiger partial charge in [-0.1, -0.05) is 58.4 Å². The average Bonchev–Trinajstić information content (AvgIpc) is 3.17. The lowest BCUT2D eigenvalue weighted by molar-refractivity contribution is -0.130. The van der Waals surface area contributed by atoms with Gasteiger partial charge in [-0.2, -0.15) is 0 Å². The van der Waals surface area contributed by atoms with Crippen molar-refractivity contribution in [2.24, 2.45) is 23.2 Å². The number of aromatic hydroxyl groups is 1. The molecule has 2 fully saturated rings. The van der Waals surface area contributed by atoms with Crippen LogP contribution in [-0.4, -0.2) is 42.1 Å². The summed E-state index contributed by atoms with van der Waals surface area (Å²) in [5, 5.41) is 10.1. The van der Waals surface area contributed by atoms with E-state index in [1.54, 1.807) is 0 Å². The van der Waals surface area contributed by atoms with Gasteiger partial charge in [-0.05, 0) is 118 Å². The van der Waals surface area contributed by atoms with Gasteiger partial charge in [0.25, 0.3) is 0 Å². The van der Waals surface area contributed by atoms with Crippen molar-refractivity contribution < 1.29 is 14.3 Å². The third-order valence-electron chi connectivity index (χ3n) is 10.4. The van der Waals surface area contributed by atoms with Crippen LogP contribution >= 0.6 is 0 Å². The standard InChI is InChI=1S/C33H52FNO2/c1-4-5-6-7-8-9-10-19-35(3)20-11-12-26(34)22-25-21-24-23-27(36)13-14-28(24)29-17-18-33(2)30(32(25)29)15-16-31(33)37/h13-14,23,25-26,29-30,32,36H,4-12,15-22H2,1-3H3/t25-,26?,29+,30-,32+,33-/m0/s1. The van der Waals surface area contributed by atoms with E-state index >= 15 is 4.39 Å². The highest BCUT2D eigenvalue weighted by molar-refractivity contribution is 5.87. The first kappa shape index (κ1) is 28.6. The van der Waals surface area contributed by atoms with Crippen molar-refractivity contribution in [2.75, 3.05) is 20.1 Å². The summed E-state index contributed by atoms with van der Waals surface area (Å²) in [6, 6.07) is 5.83. The van der Waals surface area contributed by atoms with E-state index < -0.39 is 6.17 Å². The highest BCUT2D eigenvalue weighted by Gasteiger charge is 2.56. The summed E-state index contributed by atoms with van der Waals surface area (Å²) in [4.78, 5) is 15.3. The lowest BCUT2D eigenvalue weighted by atomic mass is 9.52. The van der Waals surface area contributed by atoms with Gasteiger partial charge in [0.05, 0.1) is 0 Å². The second kappa shape index (κ2) is 13.1. The van der Waals surface area contributed by atoms with E-state index in [-0.39, 0.29) is 11.3 Å². The van der Waals surface area contributed by atoms with Crippen LogP contribution in [0.4, 0.5) is 4.39 Å². The Hall–Kier alpha value is -1.42. The number of unbranched alkanes of at least 4 members (excludes halogenated alkanes) is 6. The van der Waals surface area contributed by atoms with Crippen molar-refractivity contribution in [3.05, 3.63) is 29.3 Å². The Balaban J connectivity index is 1.29. The fourth-order valence-corrected chi connectivity index (χ4v) is 8.26. The highest BCUT2D eigenvalue weighted by Crippen LogP contribution is 2.61. The minimum atomic E-state index is -0.790. The van der Waals surface area contributed by atoms with Gasteiger partial charge >= 0.3 is 0 Å². The quantitative estimate of drug-likeness (QED) is 0.255. The number of alkyl halides is 1. The zero-order valence-corrected chi connectivity index (χ0v) is 23.8. The van der Waals surface area contributed by atoms with Crippen LogP contribution in [0.15, 0.2) is 18.2 Å². The minimum Gasteiger partial charge on any atom is -0.508 e. The van der Waals surface area contributed by atoms with Gasteiger partial charge in [0.15, 0.2) is 0 Å². The molecule has 0 saturated heterocycles. The van der Waals surface area contributed by atoms with E-state index in [2.05, 4.69) is 31.9 Å². The molecule has 3 aliphatic rings. The van der Waals surface area contributed by atoms with Crippen molar-refractivity contribution in [3.63, 3.8) is 0 Å². The largest absolute Gasteiger partial charge is 0.508 e. The molecule has 3 aliphatic carbocycles. The first-order valence-corrected chi connectivity index (χ1v) is 15.5. The van der Waals surface area contributed by atoms with Crippen LogP contribution in [0.2, 0.25) is 0 Å². The molecular formula is C33H52FNO2. The molecule has 1 unspecified atom stereocenters. The molecule has 4 heteroatoms. The lowest BCUT2D eigenvalue weighted by Gasteiger charge is -2.52. The van der Waals surface area contributed by atoms with Crippen molar-refractivity contribution in [3.8, 4) is 5.75 Å². The van der Waals surface area contributed by atoms with E-state index in [1.165, 1.54) is 56.1 Å². The first-order chi connectivity index (χ1) is 17.8. The number of phenols is 1. The number of nitrogens with zero attached hydrogens (tertiary/aromatic N) is 1. The maximum atomic E-state index is 15.5. The zero-order valence-electron chi connectivity index (χ0n) is 23.8. The summed E-state index contributed by atoms with van der Waals surface area (Å²) in [5.41, 5.74) is 2.35. The van der Waals surface area contributed by atoms with Crippen LogP contribution in [0.5, 0.6) is 5.75 Å². The number of Topliss-reactive ketones (excluding diaryl/α,β-unsaturated/α-hetero) is 1. The Morgan fingerprint density at radius 1 is 1.08 bits per heavy atom. The van der Waals surface area contributed by atoms with Crippen LogP contribution < -0.4 is 0 Å². The highest BCUT2D eigenvalue weighted by atomic mass is 19.1. The van der Waals surface area contributed by atoms with Gasteiger partial charge in [0, 0.05) is 11.8 Å². The molecule has 37 heavy (non-hydrogen) atoms. The second-order valence-electron chi connectivity index (χ2n) is 13.0. The molecule has 0 amide bonds.